The lowest BCUT2D eigenvalue weighted by atomic mass is 10.1. The minimum absolute atomic E-state index is 0.110. The first-order valence-corrected chi connectivity index (χ1v) is 11.0. The highest BCUT2D eigenvalue weighted by molar-refractivity contribution is 7.99. The summed E-state index contributed by atoms with van der Waals surface area (Å²) in [4.78, 5) is 12.5. The van der Waals surface area contributed by atoms with Crippen LogP contribution < -0.4 is 15.4 Å². The standard InChI is InChI=1S/C17H27N3O3S2/c1-12-14(19-16(21)10-13-11-24-9-8-18-13)6-5-7-15(12)25(22,23)20-17(2,3)4/h5-7,13,18,20H,8-11H2,1-4H3,(H,19,21). The molecule has 3 N–H and O–H groups in total. The van der Waals surface area contributed by atoms with Crippen LogP contribution in [-0.4, -0.2) is 44.0 Å². The van der Waals surface area contributed by atoms with Crippen molar-refractivity contribution in [3.63, 3.8) is 0 Å². The van der Waals surface area contributed by atoms with Gasteiger partial charge >= 0.3 is 0 Å². The number of rotatable bonds is 5. The van der Waals surface area contributed by atoms with E-state index in [9.17, 15) is 13.2 Å². The van der Waals surface area contributed by atoms with Crippen LogP contribution in [-0.2, 0) is 14.8 Å². The number of anilines is 1. The van der Waals surface area contributed by atoms with Crippen LogP contribution in [0, 0.1) is 6.92 Å². The monoisotopic (exact) mass is 385 g/mol. The van der Waals surface area contributed by atoms with Crippen LogP contribution in [0.5, 0.6) is 0 Å². The highest BCUT2D eigenvalue weighted by atomic mass is 32.2. The Kier molecular flexibility index (Phi) is 6.53. The number of nitrogens with one attached hydrogen (secondary N) is 3. The number of carbonyl (C=O) groups excluding carboxylic acids is 1. The lowest BCUT2D eigenvalue weighted by Crippen LogP contribution is -2.41. The van der Waals surface area contributed by atoms with Gasteiger partial charge in [0, 0.05) is 41.7 Å². The summed E-state index contributed by atoms with van der Waals surface area (Å²) >= 11 is 1.84. The predicted octanol–water partition coefficient (Wildman–Crippen LogP) is 2.11. The number of benzene rings is 1. The van der Waals surface area contributed by atoms with E-state index < -0.39 is 15.6 Å². The van der Waals surface area contributed by atoms with E-state index in [-0.39, 0.29) is 16.8 Å². The molecular formula is C17H27N3O3S2. The molecule has 1 unspecified atom stereocenters. The molecule has 1 heterocycles. The van der Waals surface area contributed by atoms with Crippen molar-refractivity contribution in [3.05, 3.63) is 23.8 Å². The number of amides is 1. The van der Waals surface area contributed by atoms with Crippen LogP contribution in [0.25, 0.3) is 0 Å². The zero-order chi connectivity index (χ0) is 18.7. The molecule has 0 spiro atoms. The summed E-state index contributed by atoms with van der Waals surface area (Å²) in [6.45, 7) is 8.00. The van der Waals surface area contributed by atoms with E-state index in [2.05, 4.69) is 15.4 Å². The van der Waals surface area contributed by atoms with Crippen molar-refractivity contribution >= 4 is 33.4 Å². The first-order chi connectivity index (χ1) is 11.6. The molecule has 0 saturated carbocycles. The molecular weight excluding hydrogens is 358 g/mol. The van der Waals surface area contributed by atoms with Crippen molar-refractivity contribution in [1.29, 1.82) is 0 Å². The molecule has 0 aliphatic carbocycles. The van der Waals surface area contributed by atoms with Gasteiger partial charge in [0.25, 0.3) is 0 Å². The minimum atomic E-state index is -3.65. The van der Waals surface area contributed by atoms with E-state index in [4.69, 9.17) is 0 Å². The molecule has 1 aromatic carbocycles. The molecule has 1 saturated heterocycles. The van der Waals surface area contributed by atoms with Crippen LogP contribution in [0.4, 0.5) is 5.69 Å². The average Bonchev–Trinajstić information content (AvgIpc) is 2.47. The second kappa shape index (κ2) is 8.07. The topological polar surface area (TPSA) is 87.3 Å². The van der Waals surface area contributed by atoms with Gasteiger partial charge in [-0.15, -0.1) is 0 Å². The Morgan fingerprint density at radius 1 is 1.36 bits per heavy atom. The Balaban J connectivity index is 2.13. The van der Waals surface area contributed by atoms with Gasteiger partial charge in [-0.2, -0.15) is 11.8 Å². The first kappa shape index (κ1) is 20.2. The number of hydrogen-bond donors (Lipinski definition) is 3. The molecule has 1 fully saturated rings. The second-order valence-electron chi connectivity index (χ2n) is 7.26. The van der Waals surface area contributed by atoms with Crippen LogP contribution in [0.1, 0.15) is 32.8 Å². The molecule has 6 nitrogen and oxygen atoms in total. The quantitative estimate of drug-likeness (QED) is 0.723. The molecule has 140 valence electrons. The molecule has 1 aliphatic rings. The fourth-order valence-corrected chi connectivity index (χ4v) is 5.31. The van der Waals surface area contributed by atoms with Gasteiger partial charge in [0.2, 0.25) is 15.9 Å². The third-order valence-electron chi connectivity index (χ3n) is 3.72. The summed E-state index contributed by atoms with van der Waals surface area (Å²) in [5, 5.41) is 6.18. The van der Waals surface area contributed by atoms with Crippen molar-refractivity contribution < 1.29 is 13.2 Å². The Bertz CT molecular complexity index is 721. The van der Waals surface area contributed by atoms with Crippen molar-refractivity contribution in [3.8, 4) is 0 Å². The predicted molar refractivity (Wildman–Crippen MR) is 104 cm³/mol. The number of thioether (sulfide) groups is 1. The van der Waals surface area contributed by atoms with Gasteiger partial charge in [-0.25, -0.2) is 13.1 Å². The fraction of sp³-hybridized carbons (Fsp3) is 0.588. The van der Waals surface area contributed by atoms with E-state index in [1.165, 1.54) is 0 Å². The van der Waals surface area contributed by atoms with E-state index in [1.807, 2.05) is 11.8 Å². The SMILES string of the molecule is Cc1c(NC(=O)CC2CSCCN2)cccc1S(=O)(=O)NC(C)(C)C. The molecule has 25 heavy (non-hydrogen) atoms. The largest absolute Gasteiger partial charge is 0.326 e. The third-order valence-corrected chi connectivity index (χ3v) is 6.75. The summed E-state index contributed by atoms with van der Waals surface area (Å²) < 4.78 is 27.8. The number of carbonyl (C=O) groups is 1. The van der Waals surface area contributed by atoms with Gasteiger partial charge in [-0.05, 0) is 45.4 Å². The Hall–Kier alpha value is -1.09. The highest BCUT2D eigenvalue weighted by Gasteiger charge is 2.25. The van der Waals surface area contributed by atoms with E-state index in [0.717, 1.165) is 18.1 Å². The molecule has 2 rings (SSSR count). The number of sulfonamides is 1. The molecule has 1 atom stereocenters. The van der Waals surface area contributed by atoms with E-state index >= 15 is 0 Å². The fourth-order valence-electron chi connectivity index (χ4n) is 2.67. The zero-order valence-corrected chi connectivity index (χ0v) is 16.8. The minimum Gasteiger partial charge on any atom is -0.326 e. The van der Waals surface area contributed by atoms with Crippen LogP contribution >= 0.6 is 11.8 Å². The van der Waals surface area contributed by atoms with Crippen LogP contribution in [0.3, 0.4) is 0 Å². The third kappa shape index (κ3) is 5.99. The summed E-state index contributed by atoms with van der Waals surface area (Å²) in [5.74, 6) is 1.87. The molecule has 1 amide bonds. The van der Waals surface area contributed by atoms with Crippen molar-refractivity contribution in [2.45, 2.75) is 50.6 Å². The molecule has 0 aromatic heterocycles. The van der Waals surface area contributed by atoms with Crippen molar-refractivity contribution in [1.82, 2.24) is 10.0 Å². The lowest BCUT2D eigenvalue weighted by Gasteiger charge is -2.23. The smallest absolute Gasteiger partial charge is 0.241 e. The van der Waals surface area contributed by atoms with Gasteiger partial charge in [0.1, 0.15) is 0 Å². The number of hydrogen-bond acceptors (Lipinski definition) is 5. The molecule has 1 aromatic rings. The zero-order valence-electron chi connectivity index (χ0n) is 15.2. The lowest BCUT2D eigenvalue weighted by molar-refractivity contribution is -0.116. The maximum absolute atomic E-state index is 12.6. The van der Waals surface area contributed by atoms with E-state index in [0.29, 0.717) is 17.7 Å². The highest BCUT2D eigenvalue weighted by Crippen LogP contribution is 2.24. The Morgan fingerprint density at radius 3 is 2.68 bits per heavy atom. The second-order valence-corrected chi connectivity index (χ2v) is 10.1. The Labute approximate surface area is 154 Å². The van der Waals surface area contributed by atoms with Gasteiger partial charge in [0.15, 0.2) is 0 Å². The maximum atomic E-state index is 12.6. The Morgan fingerprint density at radius 2 is 2.08 bits per heavy atom. The van der Waals surface area contributed by atoms with Crippen molar-refractivity contribution in [2.75, 3.05) is 23.4 Å². The van der Waals surface area contributed by atoms with Crippen LogP contribution in [0.2, 0.25) is 0 Å². The summed E-state index contributed by atoms with van der Waals surface area (Å²) in [6, 6.07) is 5.09. The summed E-state index contributed by atoms with van der Waals surface area (Å²) in [5.41, 5.74) is 0.498. The van der Waals surface area contributed by atoms with Gasteiger partial charge in [-0.1, -0.05) is 6.07 Å². The van der Waals surface area contributed by atoms with Crippen LogP contribution in [0.15, 0.2) is 23.1 Å². The van der Waals surface area contributed by atoms with E-state index in [1.54, 1.807) is 45.9 Å². The molecule has 1 aliphatic heterocycles. The van der Waals surface area contributed by atoms with Gasteiger partial charge in [0.05, 0.1) is 4.90 Å². The first-order valence-electron chi connectivity index (χ1n) is 8.33. The maximum Gasteiger partial charge on any atom is 0.241 e. The summed E-state index contributed by atoms with van der Waals surface area (Å²) in [6.07, 6.45) is 0.379. The summed E-state index contributed by atoms with van der Waals surface area (Å²) in [7, 11) is -3.65. The molecule has 0 radical (unpaired) electrons. The van der Waals surface area contributed by atoms with Crippen molar-refractivity contribution in [2.24, 2.45) is 0 Å². The normalized spacial score (nSPS) is 18.8. The molecule has 0 bridgehead atoms. The average molecular weight is 386 g/mol. The van der Waals surface area contributed by atoms with Gasteiger partial charge < -0.3 is 10.6 Å². The molecule has 8 heteroatoms. The van der Waals surface area contributed by atoms with Gasteiger partial charge in [-0.3, -0.25) is 4.79 Å².